The molecule has 1 aromatic carbocycles. The Morgan fingerprint density at radius 2 is 2.07 bits per heavy atom. The number of rotatable bonds is 0. The summed E-state index contributed by atoms with van der Waals surface area (Å²) >= 11 is 0. The standard InChI is InChI=1S/C11H10F2O/c1-6-2-3-10(14)11-8(6)4-7(12)5-9(11)13/h4-6H,2-3H2,1H3. The molecule has 0 aromatic heterocycles. The van der Waals surface area contributed by atoms with Crippen molar-refractivity contribution in [3.63, 3.8) is 0 Å². The summed E-state index contributed by atoms with van der Waals surface area (Å²) in [7, 11) is 0. The van der Waals surface area contributed by atoms with Crippen molar-refractivity contribution < 1.29 is 13.6 Å². The van der Waals surface area contributed by atoms with Gasteiger partial charge in [0.25, 0.3) is 0 Å². The zero-order valence-corrected chi connectivity index (χ0v) is 7.81. The Kier molecular flexibility index (Phi) is 2.10. The van der Waals surface area contributed by atoms with Crippen LogP contribution in [0.25, 0.3) is 0 Å². The van der Waals surface area contributed by atoms with Crippen LogP contribution < -0.4 is 0 Å². The highest BCUT2D eigenvalue weighted by Crippen LogP contribution is 2.33. The van der Waals surface area contributed by atoms with Crippen LogP contribution in [0, 0.1) is 11.6 Å². The van der Waals surface area contributed by atoms with Crippen LogP contribution in [-0.4, -0.2) is 5.78 Å². The van der Waals surface area contributed by atoms with Crippen molar-refractivity contribution in [1.82, 2.24) is 0 Å². The number of hydrogen-bond acceptors (Lipinski definition) is 1. The number of ketones is 1. The SMILES string of the molecule is CC1CCC(=O)c2c(F)cc(F)cc21. The Morgan fingerprint density at radius 3 is 2.79 bits per heavy atom. The number of fused-ring (bicyclic) bond motifs is 1. The van der Waals surface area contributed by atoms with Crippen LogP contribution in [0.1, 0.15) is 41.6 Å². The van der Waals surface area contributed by atoms with Crippen molar-refractivity contribution in [3.05, 3.63) is 34.9 Å². The van der Waals surface area contributed by atoms with Crippen LogP contribution in [0.4, 0.5) is 8.78 Å². The molecular formula is C11H10F2O. The predicted molar refractivity (Wildman–Crippen MR) is 48.3 cm³/mol. The Hall–Kier alpha value is -1.25. The number of halogens is 2. The molecule has 0 saturated carbocycles. The summed E-state index contributed by atoms with van der Waals surface area (Å²) in [5, 5.41) is 0. The van der Waals surface area contributed by atoms with Crippen LogP contribution in [0.5, 0.6) is 0 Å². The van der Waals surface area contributed by atoms with Gasteiger partial charge < -0.3 is 0 Å². The van der Waals surface area contributed by atoms with E-state index in [0.717, 1.165) is 6.07 Å². The van der Waals surface area contributed by atoms with Crippen molar-refractivity contribution in [1.29, 1.82) is 0 Å². The summed E-state index contributed by atoms with van der Waals surface area (Å²) < 4.78 is 26.2. The summed E-state index contributed by atoms with van der Waals surface area (Å²) in [6.45, 7) is 1.88. The smallest absolute Gasteiger partial charge is 0.166 e. The van der Waals surface area contributed by atoms with Gasteiger partial charge in [0.1, 0.15) is 11.6 Å². The summed E-state index contributed by atoms with van der Waals surface area (Å²) in [6, 6.07) is 2.04. The molecule has 2 rings (SSSR count). The van der Waals surface area contributed by atoms with Gasteiger partial charge in [-0.05, 0) is 24.0 Å². The van der Waals surface area contributed by atoms with Crippen molar-refractivity contribution >= 4 is 5.78 Å². The van der Waals surface area contributed by atoms with E-state index in [2.05, 4.69) is 0 Å². The maximum Gasteiger partial charge on any atom is 0.166 e. The van der Waals surface area contributed by atoms with E-state index in [1.165, 1.54) is 6.07 Å². The Balaban J connectivity index is 2.66. The van der Waals surface area contributed by atoms with E-state index in [1.54, 1.807) is 0 Å². The first kappa shape index (κ1) is 9.31. The number of benzene rings is 1. The van der Waals surface area contributed by atoms with Crippen LogP contribution in [-0.2, 0) is 0 Å². The van der Waals surface area contributed by atoms with Gasteiger partial charge in [0, 0.05) is 12.5 Å². The van der Waals surface area contributed by atoms with Crippen molar-refractivity contribution in [2.24, 2.45) is 0 Å². The molecule has 0 spiro atoms. The molecule has 1 nitrogen and oxygen atoms in total. The average Bonchev–Trinajstić information content (AvgIpc) is 2.10. The van der Waals surface area contributed by atoms with E-state index in [1.807, 2.05) is 6.92 Å². The quantitative estimate of drug-likeness (QED) is 0.623. The normalized spacial score (nSPS) is 20.8. The first-order valence-electron chi connectivity index (χ1n) is 4.61. The van der Waals surface area contributed by atoms with Crippen LogP contribution in [0.2, 0.25) is 0 Å². The molecule has 1 aliphatic rings. The second kappa shape index (κ2) is 3.15. The van der Waals surface area contributed by atoms with E-state index in [9.17, 15) is 13.6 Å². The van der Waals surface area contributed by atoms with E-state index in [4.69, 9.17) is 0 Å². The Morgan fingerprint density at radius 1 is 1.36 bits per heavy atom. The minimum Gasteiger partial charge on any atom is -0.294 e. The lowest BCUT2D eigenvalue weighted by Gasteiger charge is -2.21. The van der Waals surface area contributed by atoms with Gasteiger partial charge in [-0.25, -0.2) is 8.78 Å². The number of carbonyl (C=O) groups is 1. The maximum absolute atomic E-state index is 13.3. The molecule has 0 radical (unpaired) electrons. The lowest BCUT2D eigenvalue weighted by Crippen LogP contribution is -2.16. The molecule has 0 fully saturated rings. The second-order valence-corrected chi connectivity index (χ2v) is 3.71. The van der Waals surface area contributed by atoms with Gasteiger partial charge in [-0.3, -0.25) is 4.79 Å². The second-order valence-electron chi connectivity index (χ2n) is 3.71. The largest absolute Gasteiger partial charge is 0.294 e. The third-order valence-corrected chi connectivity index (χ3v) is 2.70. The zero-order chi connectivity index (χ0) is 10.3. The van der Waals surface area contributed by atoms with Gasteiger partial charge in [-0.2, -0.15) is 0 Å². The topological polar surface area (TPSA) is 17.1 Å². The molecule has 0 aliphatic heterocycles. The first-order valence-corrected chi connectivity index (χ1v) is 4.61. The van der Waals surface area contributed by atoms with Crippen molar-refractivity contribution in [3.8, 4) is 0 Å². The number of carbonyl (C=O) groups excluding carboxylic acids is 1. The fourth-order valence-corrected chi connectivity index (χ4v) is 1.90. The Bertz CT molecular complexity index is 399. The molecule has 1 aromatic rings. The monoisotopic (exact) mass is 196 g/mol. The summed E-state index contributed by atoms with van der Waals surface area (Å²) in [5.74, 6) is -1.48. The van der Waals surface area contributed by atoms with Gasteiger partial charge in [0.05, 0.1) is 5.56 Å². The average molecular weight is 196 g/mol. The summed E-state index contributed by atoms with van der Waals surface area (Å²) in [6.07, 6.45) is 1.03. The molecule has 1 atom stereocenters. The maximum atomic E-state index is 13.3. The van der Waals surface area contributed by atoms with E-state index in [-0.39, 0.29) is 17.3 Å². The van der Waals surface area contributed by atoms with E-state index in [0.29, 0.717) is 18.4 Å². The van der Waals surface area contributed by atoms with Gasteiger partial charge in [0.15, 0.2) is 5.78 Å². The molecule has 0 N–H and O–H groups in total. The summed E-state index contributed by atoms with van der Waals surface area (Å²) in [4.78, 5) is 11.4. The van der Waals surface area contributed by atoms with Crippen molar-refractivity contribution in [2.75, 3.05) is 0 Å². The van der Waals surface area contributed by atoms with E-state index < -0.39 is 11.6 Å². The fourth-order valence-electron chi connectivity index (χ4n) is 1.90. The molecule has 0 bridgehead atoms. The number of hydrogen-bond donors (Lipinski definition) is 0. The van der Waals surface area contributed by atoms with Gasteiger partial charge in [-0.15, -0.1) is 0 Å². The zero-order valence-electron chi connectivity index (χ0n) is 7.81. The lowest BCUT2D eigenvalue weighted by molar-refractivity contribution is 0.0963. The predicted octanol–water partition coefficient (Wildman–Crippen LogP) is 3.04. The van der Waals surface area contributed by atoms with Gasteiger partial charge in [-0.1, -0.05) is 6.92 Å². The Labute approximate surface area is 80.7 Å². The van der Waals surface area contributed by atoms with Crippen LogP contribution in [0.3, 0.4) is 0 Å². The van der Waals surface area contributed by atoms with Gasteiger partial charge in [0.2, 0.25) is 0 Å². The molecule has 0 saturated heterocycles. The summed E-state index contributed by atoms with van der Waals surface area (Å²) in [5.41, 5.74) is 0.601. The highest BCUT2D eigenvalue weighted by atomic mass is 19.1. The fraction of sp³-hybridized carbons (Fsp3) is 0.364. The van der Waals surface area contributed by atoms with Crippen molar-refractivity contribution in [2.45, 2.75) is 25.7 Å². The lowest BCUT2D eigenvalue weighted by atomic mass is 9.83. The molecule has 0 amide bonds. The first-order chi connectivity index (χ1) is 6.59. The van der Waals surface area contributed by atoms with Crippen LogP contribution in [0.15, 0.2) is 12.1 Å². The third-order valence-electron chi connectivity index (χ3n) is 2.70. The van der Waals surface area contributed by atoms with Crippen LogP contribution >= 0.6 is 0 Å². The third kappa shape index (κ3) is 1.33. The molecule has 74 valence electrons. The molecule has 1 aliphatic carbocycles. The minimum atomic E-state index is -0.725. The highest BCUT2D eigenvalue weighted by molar-refractivity contribution is 5.99. The molecule has 1 unspecified atom stereocenters. The van der Waals surface area contributed by atoms with Gasteiger partial charge >= 0.3 is 0 Å². The number of Topliss-reactive ketones (excluding diaryl/α,β-unsaturated/α-hetero) is 1. The molecule has 0 heterocycles. The molecule has 14 heavy (non-hydrogen) atoms. The molecular weight excluding hydrogens is 186 g/mol. The minimum absolute atomic E-state index is 0.0629. The van der Waals surface area contributed by atoms with E-state index >= 15 is 0 Å². The molecule has 3 heteroatoms. The highest BCUT2D eigenvalue weighted by Gasteiger charge is 2.26.